The lowest BCUT2D eigenvalue weighted by molar-refractivity contribution is 1.06. The first kappa shape index (κ1) is 22.2. The Morgan fingerprint density at radius 2 is 1.09 bits per heavy atom. The fourth-order valence-electron chi connectivity index (χ4n) is 7.24. The first-order valence-electron chi connectivity index (χ1n) is 23.8. The number of fused-ring (bicyclic) bond motifs is 6. The summed E-state index contributed by atoms with van der Waals surface area (Å²) >= 11 is 1.65. The van der Waals surface area contributed by atoms with Crippen molar-refractivity contribution in [2.75, 3.05) is 0 Å². The third-order valence-corrected chi connectivity index (χ3v) is 11.0. The topological polar surface area (TPSA) is 43.6 Å². The number of hydrogen-bond donors (Lipinski definition) is 0. The summed E-state index contributed by atoms with van der Waals surface area (Å²) in [5.74, 6) is 0.856. The number of nitrogens with zero attached hydrogens (tertiary/aromatic N) is 4. The fourth-order valence-corrected chi connectivity index (χ4v) is 8.47. The molecule has 0 radical (unpaired) electrons. The highest BCUT2D eigenvalue weighted by atomic mass is 32.1. The maximum absolute atomic E-state index is 9.75. The van der Waals surface area contributed by atoms with Crippen molar-refractivity contribution in [2.24, 2.45) is 0 Å². The van der Waals surface area contributed by atoms with Gasteiger partial charge in [-0.3, -0.25) is 0 Å². The second-order valence-corrected chi connectivity index (χ2v) is 14.1. The lowest BCUT2D eigenvalue weighted by Gasteiger charge is -2.16. The summed E-state index contributed by atoms with van der Waals surface area (Å²) in [5, 5.41) is 1.83. The van der Waals surface area contributed by atoms with Gasteiger partial charge in [-0.05, 0) is 58.6 Å². The largest absolute Gasteiger partial charge is 0.309 e. The quantitative estimate of drug-likeness (QED) is 0.170. The summed E-state index contributed by atoms with van der Waals surface area (Å²) in [6.45, 7) is 0. The van der Waals surface area contributed by atoms with Crippen LogP contribution in [0.4, 0.5) is 0 Å². The van der Waals surface area contributed by atoms with E-state index in [-0.39, 0.29) is 33.3 Å². The fraction of sp³-hybridized carbons (Fsp3) is 0. The Hall–Kier alpha value is -7.21. The first-order chi connectivity index (χ1) is 32.8. The highest BCUT2D eigenvalue weighted by Crippen LogP contribution is 2.43. The van der Waals surface area contributed by atoms with Crippen molar-refractivity contribution in [1.29, 1.82) is 0 Å². The smallest absolute Gasteiger partial charge is 0.166 e. The predicted octanol–water partition coefficient (Wildman–Crippen LogP) is 13.7. The molecule has 0 spiro atoms. The molecule has 5 heteroatoms. The summed E-state index contributed by atoms with van der Waals surface area (Å²) in [7, 11) is 0. The summed E-state index contributed by atoms with van der Waals surface area (Å²) in [5.41, 5.74) is 2.45. The number of thiophene rings is 1. The Labute approximate surface area is 344 Å². The number of para-hydroxylation sites is 1. The molecule has 3 heterocycles. The van der Waals surface area contributed by atoms with E-state index in [9.17, 15) is 6.85 Å². The van der Waals surface area contributed by atoms with Crippen LogP contribution in [0.25, 0.3) is 104 Å². The summed E-state index contributed by atoms with van der Waals surface area (Å²) in [6.07, 6.45) is 0. The summed E-state index contributed by atoms with van der Waals surface area (Å²) in [4.78, 5) is 15.1. The number of aromatic nitrogens is 4. The third-order valence-electron chi connectivity index (χ3n) is 9.80. The second-order valence-electron chi connectivity index (χ2n) is 13.1. The van der Waals surface area contributed by atoms with Crippen molar-refractivity contribution in [2.45, 2.75) is 0 Å². The van der Waals surface area contributed by atoms with Gasteiger partial charge in [-0.25, -0.2) is 15.0 Å². The molecular formula is C51H32N4S. The maximum atomic E-state index is 9.75. The van der Waals surface area contributed by atoms with Crippen LogP contribution in [-0.4, -0.2) is 19.5 Å². The minimum absolute atomic E-state index is 0.119. The molecule has 0 fully saturated rings. The lowest BCUT2D eigenvalue weighted by Crippen LogP contribution is -2.04. The molecule has 11 aromatic rings. The molecule has 56 heavy (non-hydrogen) atoms. The molecule has 11 rings (SSSR count). The molecule has 4 nitrogen and oxygen atoms in total. The van der Waals surface area contributed by atoms with E-state index in [1.54, 1.807) is 17.4 Å². The number of benzene rings is 8. The molecule has 0 aliphatic heterocycles. The molecule has 0 aliphatic rings. The molecular weight excluding hydrogens is 701 g/mol. The minimum Gasteiger partial charge on any atom is -0.309 e. The van der Waals surface area contributed by atoms with E-state index in [1.165, 1.54) is 4.57 Å². The normalized spacial score (nSPS) is 14.6. The zero-order valence-electron chi connectivity index (χ0n) is 41.2. The monoisotopic (exact) mass is 744 g/mol. The van der Waals surface area contributed by atoms with Crippen LogP contribution >= 0.6 is 11.3 Å². The van der Waals surface area contributed by atoms with Crippen LogP contribution in [0, 0.1) is 0 Å². The van der Waals surface area contributed by atoms with E-state index in [0.717, 1.165) is 31.3 Å². The van der Waals surface area contributed by atoms with Crippen LogP contribution in [0.15, 0.2) is 194 Å². The van der Waals surface area contributed by atoms with Gasteiger partial charge in [-0.1, -0.05) is 158 Å². The van der Waals surface area contributed by atoms with Gasteiger partial charge in [0.1, 0.15) is 0 Å². The van der Waals surface area contributed by atoms with Crippen molar-refractivity contribution < 1.29 is 16.4 Å². The van der Waals surface area contributed by atoms with E-state index >= 15 is 0 Å². The van der Waals surface area contributed by atoms with Crippen molar-refractivity contribution in [1.82, 2.24) is 19.5 Å². The van der Waals surface area contributed by atoms with E-state index in [2.05, 4.69) is 18.2 Å². The predicted molar refractivity (Wildman–Crippen MR) is 234 cm³/mol. The SMILES string of the molecule is [2H]c1c([2H])c([2H])c(-c2c([2H])c([2H])c3c(c2[2H])c2c([2H])c([2H])c([2H])c([2H])c2n3-c2ccc(-c3cccc4c3sc3ccccc34)cc2-c2nc(-c3ccccc3)nc(-c3ccccc3)n2)c([2H])c1[2H]. The van der Waals surface area contributed by atoms with Crippen LogP contribution in [0.5, 0.6) is 0 Å². The van der Waals surface area contributed by atoms with Gasteiger partial charge in [0.25, 0.3) is 0 Å². The molecule has 0 saturated carbocycles. The summed E-state index contributed by atoms with van der Waals surface area (Å²) in [6, 6.07) is 31.1. The van der Waals surface area contributed by atoms with Gasteiger partial charge >= 0.3 is 0 Å². The molecule has 262 valence electrons. The van der Waals surface area contributed by atoms with Gasteiger partial charge in [-0.2, -0.15) is 0 Å². The molecule has 8 aromatic carbocycles. The molecule has 3 aromatic heterocycles. The van der Waals surface area contributed by atoms with Crippen molar-refractivity contribution >= 4 is 53.3 Å². The van der Waals surface area contributed by atoms with E-state index in [4.69, 9.17) is 24.5 Å². The van der Waals surface area contributed by atoms with Gasteiger partial charge in [0.2, 0.25) is 0 Å². The second kappa shape index (κ2) is 13.3. The van der Waals surface area contributed by atoms with Crippen LogP contribution in [-0.2, 0) is 0 Å². The molecule has 0 unspecified atom stereocenters. The van der Waals surface area contributed by atoms with Crippen LogP contribution in [0.3, 0.4) is 0 Å². The molecule has 0 saturated heterocycles. The molecule has 0 N–H and O–H groups in total. The zero-order chi connectivity index (χ0) is 47.4. The Kier molecular flexibility index (Phi) is 5.27. The third kappa shape index (κ3) is 5.40. The molecule has 0 bridgehead atoms. The first-order valence-corrected chi connectivity index (χ1v) is 18.6. The van der Waals surface area contributed by atoms with Gasteiger partial charge < -0.3 is 4.57 Å². The van der Waals surface area contributed by atoms with Gasteiger partial charge in [0.15, 0.2) is 17.5 Å². The molecule has 0 aliphatic carbocycles. The van der Waals surface area contributed by atoms with Crippen LogP contribution in [0.2, 0.25) is 0 Å². The van der Waals surface area contributed by atoms with Crippen LogP contribution in [0.1, 0.15) is 16.4 Å². The van der Waals surface area contributed by atoms with Crippen molar-refractivity contribution in [3.63, 3.8) is 0 Å². The highest BCUT2D eigenvalue weighted by Gasteiger charge is 2.21. The zero-order valence-corrected chi connectivity index (χ0v) is 30.1. The average Bonchev–Trinajstić information content (AvgIpc) is 3.94. The molecule has 0 amide bonds. The molecule has 0 atom stereocenters. The Morgan fingerprint density at radius 3 is 1.88 bits per heavy atom. The standard InChI is InChI=1S/C51H32N4S/c1-4-15-33(16-5-1)36-27-29-45-42(31-36)39-21-10-12-25-44(39)55(45)46-30-28-37(38-23-14-24-41-40-22-11-13-26-47(40)56-48(38)41)32-43(46)51-53-49(34-17-6-2-7-18-34)52-50(54-51)35-19-8-3-9-20-35/h1-32H/i1D,4D,5D,10D,12D,15D,16D,21D,25D,27D,29D,31D. The van der Waals surface area contributed by atoms with E-state index in [0.29, 0.717) is 28.3 Å². The average molecular weight is 745 g/mol. The lowest BCUT2D eigenvalue weighted by atomic mass is 9.99. The van der Waals surface area contributed by atoms with E-state index in [1.807, 2.05) is 97.1 Å². The van der Waals surface area contributed by atoms with Gasteiger partial charge in [0.05, 0.1) is 33.2 Å². The van der Waals surface area contributed by atoms with Crippen molar-refractivity contribution in [3.05, 3.63) is 194 Å². The number of rotatable bonds is 6. The number of hydrogen-bond acceptors (Lipinski definition) is 4. The Morgan fingerprint density at radius 1 is 0.429 bits per heavy atom. The minimum atomic E-state index is -0.700. The van der Waals surface area contributed by atoms with Gasteiger partial charge in [-0.15, -0.1) is 11.3 Å². The van der Waals surface area contributed by atoms with Crippen molar-refractivity contribution in [3.8, 4) is 62.1 Å². The maximum Gasteiger partial charge on any atom is 0.166 e. The highest BCUT2D eigenvalue weighted by molar-refractivity contribution is 7.26. The van der Waals surface area contributed by atoms with Gasteiger partial charge in [0, 0.05) is 47.6 Å². The van der Waals surface area contributed by atoms with E-state index < -0.39 is 83.6 Å². The van der Waals surface area contributed by atoms with Crippen LogP contribution < -0.4 is 0 Å². The Bertz CT molecular complexity index is 3860. The Balaban J connectivity index is 1.31. The summed E-state index contributed by atoms with van der Waals surface area (Å²) < 4.78 is 112.